The highest BCUT2D eigenvalue weighted by Gasteiger charge is 2.33. The lowest BCUT2D eigenvalue weighted by atomic mass is 9.87. The van der Waals surface area contributed by atoms with Crippen LogP contribution in [0.3, 0.4) is 0 Å². The second kappa shape index (κ2) is 7.72. The molecule has 0 aliphatic carbocycles. The number of carboxylic acids is 1. The molecule has 1 unspecified atom stereocenters. The van der Waals surface area contributed by atoms with Crippen molar-refractivity contribution in [2.45, 2.75) is 40.2 Å². The van der Waals surface area contributed by atoms with E-state index in [0.29, 0.717) is 13.0 Å². The SMILES string of the molecule is CCCN(CC(=O)NC)C(=O)NC(C(=O)O)C(C)(C)C. The molecule has 0 spiro atoms. The fraction of sp³-hybridized carbons (Fsp3) is 0.769. The van der Waals surface area contributed by atoms with Crippen molar-refractivity contribution in [1.82, 2.24) is 15.5 Å². The third-order valence-corrected chi connectivity index (χ3v) is 2.77. The largest absolute Gasteiger partial charge is 0.480 e. The fourth-order valence-electron chi connectivity index (χ4n) is 1.64. The Bertz CT molecular complexity index is 363. The molecule has 7 nitrogen and oxygen atoms in total. The van der Waals surface area contributed by atoms with Crippen molar-refractivity contribution in [2.75, 3.05) is 20.1 Å². The second-order valence-corrected chi connectivity index (χ2v) is 5.68. The van der Waals surface area contributed by atoms with Gasteiger partial charge in [-0.3, -0.25) is 4.79 Å². The topological polar surface area (TPSA) is 98.7 Å². The van der Waals surface area contributed by atoms with E-state index in [1.54, 1.807) is 20.8 Å². The van der Waals surface area contributed by atoms with Gasteiger partial charge in [0.1, 0.15) is 12.6 Å². The van der Waals surface area contributed by atoms with Gasteiger partial charge in [-0.15, -0.1) is 0 Å². The van der Waals surface area contributed by atoms with Gasteiger partial charge in [0, 0.05) is 13.6 Å². The van der Waals surface area contributed by atoms with E-state index < -0.39 is 23.5 Å². The first-order valence-electron chi connectivity index (χ1n) is 6.62. The van der Waals surface area contributed by atoms with Gasteiger partial charge in [-0.05, 0) is 11.8 Å². The molecule has 0 rings (SSSR count). The zero-order chi connectivity index (χ0) is 15.9. The molecule has 116 valence electrons. The Hall–Kier alpha value is -1.79. The molecule has 0 heterocycles. The minimum atomic E-state index is -1.10. The first-order chi connectivity index (χ1) is 9.13. The monoisotopic (exact) mass is 287 g/mol. The minimum absolute atomic E-state index is 0.0906. The smallest absolute Gasteiger partial charge is 0.326 e. The van der Waals surface area contributed by atoms with Crippen LogP contribution in [0.1, 0.15) is 34.1 Å². The third-order valence-electron chi connectivity index (χ3n) is 2.77. The number of amides is 3. The number of nitrogens with one attached hydrogen (secondary N) is 2. The number of aliphatic carboxylic acids is 1. The van der Waals surface area contributed by atoms with Gasteiger partial charge >= 0.3 is 12.0 Å². The standard InChI is InChI=1S/C13H25N3O4/c1-6-7-16(8-9(17)14-5)12(20)15-10(11(18)19)13(2,3)4/h10H,6-8H2,1-5H3,(H,14,17)(H,15,20)(H,18,19). The van der Waals surface area contributed by atoms with Crippen LogP contribution in [0.2, 0.25) is 0 Å². The van der Waals surface area contributed by atoms with Crippen LogP contribution < -0.4 is 10.6 Å². The van der Waals surface area contributed by atoms with Crippen molar-refractivity contribution in [3.05, 3.63) is 0 Å². The van der Waals surface area contributed by atoms with Crippen LogP contribution in [0.25, 0.3) is 0 Å². The van der Waals surface area contributed by atoms with E-state index in [-0.39, 0.29) is 12.5 Å². The molecule has 0 saturated heterocycles. The van der Waals surface area contributed by atoms with Crippen LogP contribution in [0.4, 0.5) is 4.79 Å². The van der Waals surface area contributed by atoms with Gasteiger partial charge < -0.3 is 20.6 Å². The maximum Gasteiger partial charge on any atom is 0.326 e. The van der Waals surface area contributed by atoms with E-state index in [1.165, 1.54) is 11.9 Å². The van der Waals surface area contributed by atoms with E-state index in [9.17, 15) is 19.5 Å². The fourth-order valence-corrected chi connectivity index (χ4v) is 1.64. The van der Waals surface area contributed by atoms with Crippen molar-refractivity contribution in [1.29, 1.82) is 0 Å². The molecule has 0 aliphatic rings. The molecule has 7 heteroatoms. The summed E-state index contributed by atoms with van der Waals surface area (Å²) in [7, 11) is 1.49. The molecule has 0 aromatic rings. The zero-order valence-electron chi connectivity index (χ0n) is 12.8. The molecule has 0 aliphatic heterocycles. The quantitative estimate of drug-likeness (QED) is 0.668. The lowest BCUT2D eigenvalue weighted by Crippen LogP contribution is -2.54. The first-order valence-corrected chi connectivity index (χ1v) is 6.62. The van der Waals surface area contributed by atoms with Crippen LogP contribution >= 0.6 is 0 Å². The number of carboxylic acid groups (broad SMARTS) is 1. The molecule has 3 amide bonds. The molecule has 20 heavy (non-hydrogen) atoms. The maximum absolute atomic E-state index is 12.1. The maximum atomic E-state index is 12.1. The molecule has 0 fully saturated rings. The number of likely N-dealkylation sites (N-methyl/N-ethyl adjacent to an activating group) is 1. The van der Waals surface area contributed by atoms with E-state index in [4.69, 9.17) is 0 Å². The summed E-state index contributed by atoms with van der Waals surface area (Å²) in [5.41, 5.74) is -0.619. The van der Waals surface area contributed by atoms with Gasteiger partial charge in [0.15, 0.2) is 0 Å². The summed E-state index contributed by atoms with van der Waals surface area (Å²) in [6, 6.07) is -1.56. The Kier molecular flexibility index (Phi) is 7.02. The predicted octanol–water partition coefficient (Wildman–Crippen LogP) is 0.653. The first kappa shape index (κ1) is 18.2. The van der Waals surface area contributed by atoms with Gasteiger partial charge in [0.2, 0.25) is 5.91 Å². The number of nitrogens with zero attached hydrogens (tertiary/aromatic N) is 1. The van der Waals surface area contributed by atoms with Gasteiger partial charge in [-0.1, -0.05) is 27.7 Å². The molecular formula is C13H25N3O4. The Labute approximate surface area is 119 Å². The summed E-state index contributed by atoms with van der Waals surface area (Å²) in [5.74, 6) is -1.39. The van der Waals surface area contributed by atoms with Crippen molar-refractivity contribution in [3.63, 3.8) is 0 Å². The lowest BCUT2D eigenvalue weighted by molar-refractivity contribution is -0.142. The number of carbonyl (C=O) groups is 3. The number of urea groups is 1. The predicted molar refractivity (Wildman–Crippen MR) is 75.3 cm³/mol. The Morgan fingerprint density at radius 1 is 1.25 bits per heavy atom. The van der Waals surface area contributed by atoms with Gasteiger partial charge in [0.25, 0.3) is 0 Å². The molecule has 0 saturated carbocycles. The summed E-state index contributed by atoms with van der Waals surface area (Å²) in [6.45, 7) is 7.36. The highest BCUT2D eigenvalue weighted by atomic mass is 16.4. The second-order valence-electron chi connectivity index (χ2n) is 5.68. The summed E-state index contributed by atoms with van der Waals surface area (Å²) >= 11 is 0. The lowest BCUT2D eigenvalue weighted by Gasteiger charge is -2.30. The number of hydrogen-bond donors (Lipinski definition) is 3. The molecular weight excluding hydrogens is 262 g/mol. The Morgan fingerprint density at radius 2 is 1.80 bits per heavy atom. The van der Waals surface area contributed by atoms with Crippen molar-refractivity contribution in [2.24, 2.45) is 5.41 Å². The summed E-state index contributed by atoms with van der Waals surface area (Å²) < 4.78 is 0. The zero-order valence-corrected chi connectivity index (χ0v) is 12.8. The van der Waals surface area contributed by atoms with Gasteiger partial charge in [-0.2, -0.15) is 0 Å². The minimum Gasteiger partial charge on any atom is -0.480 e. The highest BCUT2D eigenvalue weighted by molar-refractivity contribution is 5.86. The van der Waals surface area contributed by atoms with Crippen LogP contribution in [-0.4, -0.2) is 54.1 Å². The van der Waals surface area contributed by atoms with E-state index in [1.807, 2.05) is 6.92 Å². The van der Waals surface area contributed by atoms with Gasteiger partial charge in [-0.25, -0.2) is 9.59 Å². The number of rotatable bonds is 6. The van der Waals surface area contributed by atoms with Crippen molar-refractivity contribution in [3.8, 4) is 0 Å². The van der Waals surface area contributed by atoms with E-state index in [2.05, 4.69) is 10.6 Å². The van der Waals surface area contributed by atoms with Crippen LogP contribution in [0, 0.1) is 5.41 Å². The number of carbonyl (C=O) groups excluding carboxylic acids is 2. The van der Waals surface area contributed by atoms with Crippen LogP contribution in [-0.2, 0) is 9.59 Å². The molecule has 0 aromatic heterocycles. The molecule has 3 N–H and O–H groups in total. The third kappa shape index (κ3) is 5.90. The van der Waals surface area contributed by atoms with Crippen LogP contribution in [0.5, 0.6) is 0 Å². The Balaban J connectivity index is 4.89. The van der Waals surface area contributed by atoms with E-state index in [0.717, 1.165) is 0 Å². The summed E-state index contributed by atoms with van der Waals surface area (Å²) in [6.07, 6.45) is 0.678. The van der Waals surface area contributed by atoms with Gasteiger partial charge in [0.05, 0.1) is 0 Å². The normalized spacial score (nSPS) is 12.4. The van der Waals surface area contributed by atoms with E-state index >= 15 is 0 Å². The average Bonchev–Trinajstić information content (AvgIpc) is 2.32. The molecule has 0 radical (unpaired) electrons. The highest BCUT2D eigenvalue weighted by Crippen LogP contribution is 2.19. The van der Waals surface area contributed by atoms with Crippen LogP contribution in [0.15, 0.2) is 0 Å². The van der Waals surface area contributed by atoms with Crippen molar-refractivity contribution >= 4 is 17.9 Å². The molecule has 1 atom stereocenters. The molecule has 0 bridgehead atoms. The summed E-state index contributed by atoms with van der Waals surface area (Å²) in [4.78, 5) is 36.0. The summed E-state index contributed by atoms with van der Waals surface area (Å²) in [5, 5.41) is 14.1. The average molecular weight is 287 g/mol. The Morgan fingerprint density at radius 3 is 2.15 bits per heavy atom. The molecule has 0 aromatic carbocycles. The number of hydrogen-bond acceptors (Lipinski definition) is 3. The van der Waals surface area contributed by atoms with Crippen molar-refractivity contribution < 1.29 is 19.5 Å².